The minimum absolute atomic E-state index is 0.104. The first-order valence-corrected chi connectivity index (χ1v) is 6.13. The number of ether oxygens (including phenoxy) is 2. The third-order valence-electron chi connectivity index (χ3n) is 2.96. The lowest BCUT2D eigenvalue weighted by molar-refractivity contribution is -0.0856. The number of nitrogens with two attached hydrogens (primary N) is 1. The molecule has 2 N–H and O–H groups in total. The fourth-order valence-corrected chi connectivity index (χ4v) is 2.24. The molecular formula is C13H18N2O3. The number of nitrogens with zero attached hydrogens (tertiary/aromatic N) is 1. The molecular weight excluding hydrogens is 232 g/mol. The molecule has 0 radical (unpaired) electrons. The largest absolute Gasteiger partial charge is 0.457 e. The van der Waals surface area contributed by atoms with Gasteiger partial charge in [0, 0.05) is 19.0 Å². The van der Waals surface area contributed by atoms with E-state index in [0.29, 0.717) is 18.5 Å². The molecule has 0 spiro atoms. The number of carbonyl (C=O) groups excluding carboxylic acids is 1. The number of nitrogen functional groups attached to an aromatic ring is 1. The first-order chi connectivity index (χ1) is 8.56. The number of aromatic nitrogens is 1. The van der Waals surface area contributed by atoms with Crippen LogP contribution in [0.2, 0.25) is 0 Å². The van der Waals surface area contributed by atoms with Crippen molar-refractivity contribution in [3.05, 3.63) is 24.0 Å². The molecule has 1 saturated heterocycles. The number of hydrogen-bond donors (Lipinski definition) is 1. The van der Waals surface area contributed by atoms with E-state index in [2.05, 4.69) is 4.98 Å². The van der Waals surface area contributed by atoms with E-state index in [4.69, 9.17) is 15.2 Å². The Kier molecular flexibility index (Phi) is 3.81. The third kappa shape index (κ3) is 2.98. The van der Waals surface area contributed by atoms with Crippen molar-refractivity contribution in [2.45, 2.75) is 45.0 Å². The minimum atomic E-state index is -0.459. The Labute approximate surface area is 106 Å². The van der Waals surface area contributed by atoms with Crippen molar-refractivity contribution in [3.8, 4) is 0 Å². The Morgan fingerprint density at radius 3 is 2.72 bits per heavy atom. The van der Waals surface area contributed by atoms with Crippen molar-refractivity contribution in [3.63, 3.8) is 0 Å². The Balaban J connectivity index is 2.01. The van der Waals surface area contributed by atoms with Gasteiger partial charge in [-0.05, 0) is 26.0 Å². The summed E-state index contributed by atoms with van der Waals surface area (Å²) >= 11 is 0. The maximum atomic E-state index is 11.9. The summed E-state index contributed by atoms with van der Waals surface area (Å²) in [5.41, 5.74) is 6.22. The summed E-state index contributed by atoms with van der Waals surface area (Å²) in [6.07, 6.45) is 3.03. The predicted octanol–water partition coefficient (Wildman–Crippen LogP) is 1.78. The molecule has 1 aromatic heterocycles. The fourth-order valence-electron chi connectivity index (χ4n) is 2.24. The SMILES string of the molecule is CC1CC(OC(=O)c2ncccc2N)CC(C)O1. The summed E-state index contributed by atoms with van der Waals surface area (Å²) in [4.78, 5) is 15.9. The molecule has 1 aliphatic rings. The van der Waals surface area contributed by atoms with Crippen molar-refractivity contribution in [1.29, 1.82) is 0 Å². The zero-order chi connectivity index (χ0) is 13.1. The highest BCUT2D eigenvalue weighted by atomic mass is 16.6. The highest BCUT2D eigenvalue weighted by molar-refractivity contribution is 5.92. The van der Waals surface area contributed by atoms with Gasteiger partial charge in [0.1, 0.15) is 6.10 Å². The first-order valence-electron chi connectivity index (χ1n) is 6.13. The zero-order valence-corrected chi connectivity index (χ0v) is 10.6. The van der Waals surface area contributed by atoms with Crippen LogP contribution in [-0.4, -0.2) is 29.3 Å². The first kappa shape index (κ1) is 12.8. The summed E-state index contributed by atoms with van der Waals surface area (Å²) in [5.74, 6) is -0.459. The van der Waals surface area contributed by atoms with Crippen molar-refractivity contribution in [2.75, 3.05) is 5.73 Å². The Bertz CT molecular complexity index is 426. The average Bonchev–Trinajstić information content (AvgIpc) is 2.27. The van der Waals surface area contributed by atoms with E-state index < -0.39 is 5.97 Å². The van der Waals surface area contributed by atoms with Crippen molar-refractivity contribution in [1.82, 2.24) is 4.98 Å². The molecule has 1 fully saturated rings. The maximum absolute atomic E-state index is 11.9. The van der Waals surface area contributed by atoms with E-state index in [1.807, 2.05) is 13.8 Å². The second-order valence-electron chi connectivity index (χ2n) is 4.70. The molecule has 2 unspecified atom stereocenters. The lowest BCUT2D eigenvalue weighted by Crippen LogP contribution is -2.35. The van der Waals surface area contributed by atoms with E-state index in [1.54, 1.807) is 12.1 Å². The minimum Gasteiger partial charge on any atom is -0.457 e. The fraction of sp³-hybridized carbons (Fsp3) is 0.538. The third-order valence-corrected chi connectivity index (χ3v) is 2.96. The molecule has 0 saturated carbocycles. The normalized spacial score (nSPS) is 27.8. The number of rotatable bonds is 2. The van der Waals surface area contributed by atoms with E-state index in [0.717, 1.165) is 0 Å². The van der Waals surface area contributed by atoms with Crippen LogP contribution in [0.5, 0.6) is 0 Å². The van der Waals surface area contributed by atoms with E-state index in [9.17, 15) is 4.79 Å². The molecule has 0 bridgehead atoms. The average molecular weight is 250 g/mol. The van der Waals surface area contributed by atoms with Crippen LogP contribution in [0.15, 0.2) is 18.3 Å². The van der Waals surface area contributed by atoms with Gasteiger partial charge in [-0.1, -0.05) is 0 Å². The van der Waals surface area contributed by atoms with Crippen LogP contribution in [0.4, 0.5) is 5.69 Å². The molecule has 98 valence electrons. The van der Waals surface area contributed by atoms with Crippen LogP contribution >= 0.6 is 0 Å². The molecule has 5 nitrogen and oxygen atoms in total. The molecule has 0 amide bonds. The summed E-state index contributed by atoms with van der Waals surface area (Å²) < 4.78 is 11.0. The molecule has 2 atom stereocenters. The number of esters is 1. The van der Waals surface area contributed by atoms with Crippen LogP contribution in [0, 0.1) is 0 Å². The van der Waals surface area contributed by atoms with Crippen LogP contribution < -0.4 is 5.73 Å². The van der Waals surface area contributed by atoms with Crippen molar-refractivity contribution in [2.24, 2.45) is 0 Å². The standard InChI is InChI=1S/C13H18N2O3/c1-8-6-10(7-9(2)17-8)18-13(16)12-11(14)4-3-5-15-12/h3-5,8-10H,6-7,14H2,1-2H3. The molecule has 0 aromatic carbocycles. The summed E-state index contributed by atoms with van der Waals surface area (Å²) in [6, 6.07) is 3.32. The van der Waals surface area contributed by atoms with Gasteiger partial charge in [0.15, 0.2) is 5.69 Å². The number of carbonyl (C=O) groups is 1. The monoisotopic (exact) mass is 250 g/mol. The highest BCUT2D eigenvalue weighted by Crippen LogP contribution is 2.23. The van der Waals surface area contributed by atoms with Gasteiger partial charge in [0.2, 0.25) is 0 Å². The van der Waals surface area contributed by atoms with Gasteiger partial charge < -0.3 is 15.2 Å². The maximum Gasteiger partial charge on any atom is 0.359 e. The van der Waals surface area contributed by atoms with E-state index in [-0.39, 0.29) is 24.0 Å². The van der Waals surface area contributed by atoms with E-state index >= 15 is 0 Å². The molecule has 0 aliphatic carbocycles. The van der Waals surface area contributed by atoms with Gasteiger partial charge >= 0.3 is 5.97 Å². The van der Waals surface area contributed by atoms with Gasteiger partial charge in [-0.25, -0.2) is 9.78 Å². The summed E-state index contributed by atoms with van der Waals surface area (Å²) in [6.45, 7) is 3.96. The second kappa shape index (κ2) is 5.35. The molecule has 5 heteroatoms. The van der Waals surface area contributed by atoms with Crippen LogP contribution in [0.3, 0.4) is 0 Å². The van der Waals surface area contributed by atoms with Gasteiger partial charge in [-0.15, -0.1) is 0 Å². The number of hydrogen-bond acceptors (Lipinski definition) is 5. The highest BCUT2D eigenvalue weighted by Gasteiger charge is 2.28. The molecule has 18 heavy (non-hydrogen) atoms. The van der Waals surface area contributed by atoms with Gasteiger partial charge in [-0.3, -0.25) is 0 Å². The molecule has 2 heterocycles. The van der Waals surface area contributed by atoms with Gasteiger partial charge in [0.05, 0.1) is 17.9 Å². The van der Waals surface area contributed by atoms with Gasteiger partial charge in [0.25, 0.3) is 0 Å². The zero-order valence-electron chi connectivity index (χ0n) is 10.6. The topological polar surface area (TPSA) is 74.4 Å². The Hall–Kier alpha value is -1.62. The van der Waals surface area contributed by atoms with Crippen molar-refractivity contribution >= 4 is 11.7 Å². The summed E-state index contributed by atoms with van der Waals surface area (Å²) in [5, 5.41) is 0. The quantitative estimate of drug-likeness (QED) is 0.810. The van der Waals surface area contributed by atoms with Gasteiger partial charge in [-0.2, -0.15) is 0 Å². The van der Waals surface area contributed by atoms with Crippen LogP contribution in [-0.2, 0) is 9.47 Å². The van der Waals surface area contributed by atoms with Crippen molar-refractivity contribution < 1.29 is 14.3 Å². The lowest BCUT2D eigenvalue weighted by atomic mass is 10.0. The Morgan fingerprint density at radius 1 is 1.44 bits per heavy atom. The second-order valence-corrected chi connectivity index (χ2v) is 4.70. The lowest BCUT2D eigenvalue weighted by Gasteiger charge is -2.31. The van der Waals surface area contributed by atoms with Crippen LogP contribution in [0.1, 0.15) is 37.2 Å². The summed E-state index contributed by atoms with van der Waals surface area (Å²) in [7, 11) is 0. The van der Waals surface area contributed by atoms with E-state index in [1.165, 1.54) is 6.20 Å². The molecule has 1 aromatic rings. The number of anilines is 1. The predicted molar refractivity (Wildman–Crippen MR) is 67.1 cm³/mol. The number of pyridine rings is 1. The smallest absolute Gasteiger partial charge is 0.359 e. The van der Waals surface area contributed by atoms with Crippen LogP contribution in [0.25, 0.3) is 0 Å². The Morgan fingerprint density at radius 2 is 2.11 bits per heavy atom. The molecule has 1 aliphatic heterocycles. The molecule has 2 rings (SSSR count).